The number of ether oxygens (including phenoxy) is 2. The zero-order valence-corrected chi connectivity index (χ0v) is 11.5. The maximum atomic E-state index is 5.78. The molecule has 5 nitrogen and oxygen atoms in total. The van der Waals surface area contributed by atoms with E-state index >= 15 is 0 Å². The molecular formula is C13H23N3O2. The summed E-state index contributed by atoms with van der Waals surface area (Å²) in [6.45, 7) is 5.13. The highest BCUT2D eigenvalue weighted by Crippen LogP contribution is 2.17. The molecule has 0 saturated heterocycles. The van der Waals surface area contributed by atoms with E-state index in [1.807, 2.05) is 13.0 Å². The molecule has 0 saturated carbocycles. The number of hydrogen-bond acceptors (Lipinski definition) is 5. The summed E-state index contributed by atoms with van der Waals surface area (Å²) >= 11 is 0. The van der Waals surface area contributed by atoms with E-state index in [-0.39, 0.29) is 0 Å². The molecule has 1 rings (SSSR count). The highest BCUT2D eigenvalue weighted by atomic mass is 16.5. The molecule has 0 aliphatic heterocycles. The van der Waals surface area contributed by atoms with Crippen molar-refractivity contribution in [3.05, 3.63) is 17.8 Å². The first-order valence-electron chi connectivity index (χ1n) is 6.14. The van der Waals surface area contributed by atoms with Crippen molar-refractivity contribution in [2.45, 2.75) is 13.3 Å². The van der Waals surface area contributed by atoms with E-state index < -0.39 is 0 Å². The Morgan fingerprint density at radius 1 is 1.22 bits per heavy atom. The molecule has 1 heterocycles. The van der Waals surface area contributed by atoms with Crippen LogP contribution in [0.1, 0.15) is 12.0 Å². The van der Waals surface area contributed by atoms with Gasteiger partial charge in [-0.3, -0.25) is 0 Å². The number of nitrogens with two attached hydrogens (primary N) is 1. The zero-order chi connectivity index (χ0) is 13.4. The minimum atomic E-state index is 0.679. The number of nitrogen functional groups attached to an aromatic ring is 1. The number of hydrogen-bond donors (Lipinski definition) is 1. The third-order valence-corrected chi connectivity index (χ3v) is 2.80. The van der Waals surface area contributed by atoms with Crippen molar-refractivity contribution in [3.63, 3.8) is 0 Å². The van der Waals surface area contributed by atoms with Crippen LogP contribution in [0.5, 0.6) is 0 Å². The summed E-state index contributed by atoms with van der Waals surface area (Å²) in [5.41, 5.74) is 7.56. The molecule has 0 spiro atoms. The summed E-state index contributed by atoms with van der Waals surface area (Å²) in [5, 5.41) is 0. The number of aryl methyl sites for hydroxylation is 1. The topological polar surface area (TPSA) is 60.6 Å². The van der Waals surface area contributed by atoms with E-state index in [9.17, 15) is 0 Å². The molecule has 1 aromatic rings. The van der Waals surface area contributed by atoms with Crippen LogP contribution < -0.4 is 10.6 Å². The fourth-order valence-electron chi connectivity index (χ4n) is 1.67. The van der Waals surface area contributed by atoms with Crippen molar-refractivity contribution < 1.29 is 9.47 Å². The number of methoxy groups -OCH3 is 2. The quantitative estimate of drug-likeness (QED) is 0.711. The van der Waals surface area contributed by atoms with Gasteiger partial charge in [0.2, 0.25) is 0 Å². The summed E-state index contributed by atoms with van der Waals surface area (Å²) in [6, 6.07) is 2.01. The largest absolute Gasteiger partial charge is 0.397 e. The second-order valence-electron chi connectivity index (χ2n) is 4.23. The Morgan fingerprint density at radius 3 is 2.56 bits per heavy atom. The Kier molecular flexibility index (Phi) is 6.46. The van der Waals surface area contributed by atoms with E-state index in [1.54, 1.807) is 20.4 Å². The fourth-order valence-corrected chi connectivity index (χ4v) is 1.67. The van der Waals surface area contributed by atoms with Crippen LogP contribution in [0, 0.1) is 6.92 Å². The Bertz CT molecular complexity index is 358. The van der Waals surface area contributed by atoms with Gasteiger partial charge in [0.25, 0.3) is 0 Å². The van der Waals surface area contributed by atoms with Gasteiger partial charge in [-0.1, -0.05) is 0 Å². The van der Waals surface area contributed by atoms with E-state index in [0.717, 1.165) is 43.2 Å². The van der Waals surface area contributed by atoms with Gasteiger partial charge >= 0.3 is 0 Å². The Morgan fingerprint density at radius 2 is 1.94 bits per heavy atom. The summed E-state index contributed by atoms with van der Waals surface area (Å²) in [5.74, 6) is 0.940. The summed E-state index contributed by atoms with van der Waals surface area (Å²) < 4.78 is 10.2. The molecule has 0 radical (unpaired) electrons. The Balaban J connectivity index is 2.70. The minimum Gasteiger partial charge on any atom is -0.397 e. The second kappa shape index (κ2) is 7.89. The molecule has 0 aliphatic carbocycles. The molecular weight excluding hydrogens is 230 g/mol. The lowest BCUT2D eigenvalue weighted by Crippen LogP contribution is -2.29. The molecule has 0 fully saturated rings. The highest BCUT2D eigenvalue weighted by molar-refractivity contribution is 5.52. The fraction of sp³-hybridized carbons (Fsp3) is 0.615. The van der Waals surface area contributed by atoms with Crippen LogP contribution in [0.3, 0.4) is 0 Å². The molecule has 0 bridgehead atoms. The van der Waals surface area contributed by atoms with Crippen molar-refractivity contribution in [1.82, 2.24) is 4.98 Å². The van der Waals surface area contributed by atoms with Crippen molar-refractivity contribution in [2.24, 2.45) is 0 Å². The zero-order valence-electron chi connectivity index (χ0n) is 11.5. The lowest BCUT2D eigenvalue weighted by molar-refractivity contribution is 0.191. The van der Waals surface area contributed by atoms with Crippen molar-refractivity contribution in [3.8, 4) is 0 Å². The molecule has 0 aliphatic rings. The van der Waals surface area contributed by atoms with Gasteiger partial charge < -0.3 is 20.1 Å². The number of aromatic nitrogens is 1. The predicted octanol–water partition coefficient (Wildman–Crippen LogP) is 1.46. The van der Waals surface area contributed by atoms with Crippen molar-refractivity contribution in [1.29, 1.82) is 0 Å². The first kappa shape index (κ1) is 14.7. The number of pyridine rings is 1. The number of rotatable bonds is 8. The summed E-state index contributed by atoms with van der Waals surface area (Å²) in [4.78, 5) is 6.57. The molecule has 0 atom stereocenters. The minimum absolute atomic E-state index is 0.679. The normalized spacial score (nSPS) is 10.6. The maximum absolute atomic E-state index is 5.78. The maximum Gasteiger partial charge on any atom is 0.128 e. The third kappa shape index (κ3) is 4.50. The third-order valence-electron chi connectivity index (χ3n) is 2.80. The van der Waals surface area contributed by atoms with Gasteiger partial charge in [0.1, 0.15) is 5.82 Å². The highest BCUT2D eigenvalue weighted by Gasteiger charge is 2.08. The summed E-state index contributed by atoms with van der Waals surface area (Å²) in [7, 11) is 3.42. The molecule has 0 amide bonds. The van der Waals surface area contributed by atoms with Crippen LogP contribution in [0.15, 0.2) is 12.3 Å². The van der Waals surface area contributed by atoms with Gasteiger partial charge in [-0.15, -0.1) is 0 Å². The van der Waals surface area contributed by atoms with E-state index in [0.29, 0.717) is 6.61 Å². The average Bonchev–Trinajstić information content (AvgIpc) is 2.37. The predicted molar refractivity (Wildman–Crippen MR) is 74.0 cm³/mol. The van der Waals surface area contributed by atoms with E-state index in [2.05, 4.69) is 9.88 Å². The molecule has 18 heavy (non-hydrogen) atoms. The van der Waals surface area contributed by atoms with Crippen molar-refractivity contribution in [2.75, 3.05) is 51.2 Å². The second-order valence-corrected chi connectivity index (χ2v) is 4.23. The standard InChI is InChI=1S/C13H23N3O2/c1-11-9-13(15-10-12(11)14)16(6-8-18-3)5-4-7-17-2/h9-10H,4-8,14H2,1-3H3. The molecule has 0 aromatic carbocycles. The first-order chi connectivity index (χ1) is 8.69. The average molecular weight is 253 g/mol. The van der Waals surface area contributed by atoms with Gasteiger partial charge in [-0.05, 0) is 25.0 Å². The van der Waals surface area contributed by atoms with Crippen molar-refractivity contribution >= 4 is 11.5 Å². The van der Waals surface area contributed by atoms with Crippen LogP contribution in [0.2, 0.25) is 0 Å². The Hall–Kier alpha value is -1.33. The molecule has 2 N–H and O–H groups in total. The smallest absolute Gasteiger partial charge is 0.128 e. The van der Waals surface area contributed by atoms with Crippen LogP contribution in [0.4, 0.5) is 11.5 Å². The van der Waals surface area contributed by atoms with Gasteiger partial charge in [0.05, 0.1) is 18.5 Å². The van der Waals surface area contributed by atoms with Crippen LogP contribution in [-0.2, 0) is 9.47 Å². The van der Waals surface area contributed by atoms with Gasteiger partial charge in [-0.2, -0.15) is 0 Å². The van der Waals surface area contributed by atoms with Gasteiger partial charge in [-0.25, -0.2) is 4.98 Å². The molecule has 1 aromatic heterocycles. The summed E-state index contributed by atoms with van der Waals surface area (Å²) in [6.07, 6.45) is 2.67. The van der Waals surface area contributed by atoms with Gasteiger partial charge in [0, 0.05) is 33.9 Å². The Labute approximate surface area is 109 Å². The van der Waals surface area contributed by atoms with E-state index in [4.69, 9.17) is 15.2 Å². The SMILES string of the molecule is COCCCN(CCOC)c1cc(C)c(N)cn1. The lowest BCUT2D eigenvalue weighted by atomic mass is 10.2. The van der Waals surface area contributed by atoms with Crippen LogP contribution in [-0.4, -0.2) is 45.5 Å². The molecule has 102 valence electrons. The van der Waals surface area contributed by atoms with E-state index in [1.165, 1.54) is 0 Å². The van der Waals surface area contributed by atoms with Gasteiger partial charge in [0.15, 0.2) is 0 Å². The lowest BCUT2D eigenvalue weighted by Gasteiger charge is -2.23. The van der Waals surface area contributed by atoms with Crippen LogP contribution >= 0.6 is 0 Å². The first-order valence-corrected chi connectivity index (χ1v) is 6.14. The molecule has 0 unspecified atom stereocenters. The number of nitrogens with zero attached hydrogens (tertiary/aromatic N) is 2. The molecule has 5 heteroatoms. The van der Waals surface area contributed by atoms with Crippen LogP contribution in [0.25, 0.3) is 0 Å². The number of anilines is 2. The monoisotopic (exact) mass is 253 g/mol.